The molecular formula is C19H13F3INO4. The lowest BCUT2D eigenvalue weighted by Gasteiger charge is -2.09. The molecule has 146 valence electrons. The molecule has 0 fully saturated rings. The van der Waals surface area contributed by atoms with Crippen LogP contribution in [-0.2, 0) is 6.61 Å². The molecule has 0 saturated heterocycles. The number of ether oxygens (including phenoxy) is 2. The van der Waals surface area contributed by atoms with E-state index in [0.29, 0.717) is 17.2 Å². The van der Waals surface area contributed by atoms with Crippen molar-refractivity contribution < 1.29 is 31.9 Å². The second-order valence-electron chi connectivity index (χ2n) is 5.53. The van der Waals surface area contributed by atoms with Gasteiger partial charge in [-0.05, 0) is 83.3 Å². The molecule has 0 saturated carbocycles. The first-order chi connectivity index (χ1) is 13.3. The Hall–Kier alpha value is -2.69. The molecule has 9 heteroatoms. The molecule has 3 aromatic rings. The third-order valence-electron chi connectivity index (χ3n) is 3.43. The van der Waals surface area contributed by atoms with Crippen LogP contribution < -0.4 is 14.8 Å². The normalized spacial score (nSPS) is 11.1. The second-order valence-corrected chi connectivity index (χ2v) is 6.78. The molecule has 1 aromatic heterocycles. The van der Waals surface area contributed by atoms with Gasteiger partial charge in [-0.2, -0.15) is 0 Å². The molecular weight excluding hydrogens is 490 g/mol. The van der Waals surface area contributed by atoms with Gasteiger partial charge in [-0.25, -0.2) is 0 Å². The lowest BCUT2D eigenvalue weighted by Crippen LogP contribution is -2.17. The highest BCUT2D eigenvalue weighted by molar-refractivity contribution is 14.1. The third-order valence-corrected chi connectivity index (χ3v) is 4.15. The van der Waals surface area contributed by atoms with Crippen LogP contribution >= 0.6 is 22.6 Å². The molecule has 28 heavy (non-hydrogen) atoms. The summed E-state index contributed by atoms with van der Waals surface area (Å²) in [6, 6.07) is 15.4. The second kappa shape index (κ2) is 8.55. The first kappa shape index (κ1) is 20.1. The Labute approximate surface area is 171 Å². The van der Waals surface area contributed by atoms with Gasteiger partial charge in [0.2, 0.25) is 0 Å². The maximum atomic E-state index is 12.2. The van der Waals surface area contributed by atoms with Crippen molar-refractivity contribution in [1.29, 1.82) is 0 Å². The van der Waals surface area contributed by atoms with E-state index in [1.807, 2.05) is 24.3 Å². The minimum absolute atomic E-state index is 0.0526. The summed E-state index contributed by atoms with van der Waals surface area (Å²) in [5.41, 5.74) is 0.299. The van der Waals surface area contributed by atoms with Crippen molar-refractivity contribution in [2.75, 3.05) is 5.32 Å². The van der Waals surface area contributed by atoms with E-state index < -0.39 is 12.3 Å². The highest BCUT2D eigenvalue weighted by atomic mass is 127. The quantitative estimate of drug-likeness (QED) is 0.445. The Bertz CT molecular complexity index is 937. The Morgan fingerprint density at radius 2 is 1.61 bits per heavy atom. The summed E-state index contributed by atoms with van der Waals surface area (Å²) in [5, 5.41) is 2.53. The monoisotopic (exact) mass is 503 g/mol. The van der Waals surface area contributed by atoms with Crippen LogP contribution in [0, 0.1) is 3.57 Å². The largest absolute Gasteiger partial charge is 0.573 e. The number of furan rings is 1. The molecule has 0 unspecified atom stereocenters. The van der Waals surface area contributed by atoms with Crippen LogP contribution in [-0.4, -0.2) is 12.3 Å². The molecule has 0 atom stereocenters. The summed E-state index contributed by atoms with van der Waals surface area (Å²) in [5.74, 6) is 0.266. The van der Waals surface area contributed by atoms with Crippen LogP contribution in [0.1, 0.15) is 16.3 Å². The van der Waals surface area contributed by atoms with Crippen LogP contribution in [0.4, 0.5) is 18.9 Å². The van der Waals surface area contributed by atoms with Crippen LogP contribution in [0.5, 0.6) is 11.5 Å². The molecule has 0 aliphatic rings. The highest BCUT2D eigenvalue weighted by Crippen LogP contribution is 2.24. The number of rotatable bonds is 6. The van der Waals surface area contributed by atoms with Gasteiger partial charge in [0.05, 0.1) is 0 Å². The lowest BCUT2D eigenvalue weighted by atomic mass is 10.3. The molecule has 2 aromatic carbocycles. The molecule has 0 spiro atoms. The molecule has 0 bridgehead atoms. The van der Waals surface area contributed by atoms with Crippen LogP contribution in [0.2, 0.25) is 0 Å². The maximum Gasteiger partial charge on any atom is 0.573 e. The van der Waals surface area contributed by atoms with Crippen molar-refractivity contribution in [3.05, 3.63) is 75.8 Å². The van der Waals surface area contributed by atoms with Crippen molar-refractivity contribution in [1.82, 2.24) is 0 Å². The number of carbonyl (C=O) groups is 1. The molecule has 5 nitrogen and oxygen atoms in total. The van der Waals surface area contributed by atoms with Crippen LogP contribution in [0.15, 0.2) is 65.1 Å². The van der Waals surface area contributed by atoms with Crippen molar-refractivity contribution in [3.63, 3.8) is 0 Å². The van der Waals surface area contributed by atoms with E-state index in [9.17, 15) is 18.0 Å². The topological polar surface area (TPSA) is 60.7 Å². The van der Waals surface area contributed by atoms with E-state index >= 15 is 0 Å². The summed E-state index contributed by atoms with van der Waals surface area (Å²) < 4.78 is 52.3. The third kappa shape index (κ3) is 5.91. The van der Waals surface area contributed by atoms with Gasteiger partial charge >= 0.3 is 6.36 Å². The fourth-order valence-corrected chi connectivity index (χ4v) is 2.56. The van der Waals surface area contributed by atoms with E-state index in [-0.39, 0.29) is 18.1 Å². The summed E-state index contributed by atoms with van der Waals surface area (Å²) >= 11 is 2.19. The maximum absolute atomic E-state index is 12.2. The van der Waals surface area contributed by atoms with Crippen LogP contribution in [0.3, 0.4) is 0 Å². The first-order valence-corrected chi connectivity index (χ1v) is 9.01. The van der Waals surface area contributed by atoms with Gasteiger partial charge in [-0.3, -0.25) is 4.79 Å². The Morgan fingerprint density at radius 1 is 0.964 bits per heavy atom. The average molecular weight is 503 g/mol. The number of alkyl halides is 3. The van der Waals surface area contributed by atoms with Gasteiger partial charge in [0.1, 0.15) is 23.9 Å². The minimum Gasteiger partial charge on any atom is -0.486 e. The fraction of sp³-hybridized carbons (Fsp3) is 0.105. The predicted octanol–water partition coefficient (Wildman–Crippen LogP) is 5.61. The van der Waals surface area contributed by atoms with Crippen molar-refractivity contribution in [2.45, 2.75) is 13.0 Å². The molecule has 1 heterocycles. The summed E-state index contributed by atoms with van der Waals surface area (Å²) in [6.45, 7) is 0.150. The first-order valence-electron chi connectivity index (χ1n) is 7.93. The summed E-state index contributed by atoms with van der Waals surface area (Å²) in [6.07, 6.45) is -4.77. The van der Waals surface area contributed by atoms with Gasteiger partial charge < -0.3 is 19.2 Å². The van der Waals surface area contributed by atoms with Gasteiger partial charge in [0.15, 0.2) is 5.76 Å². The number of amides is 1. The molecule has 1 amide bonds. The lowest BCUT2D eigenvalue weighted by molar-refractivity contribution is -0.274. The smallest absolute Gasteiger partial charge is 0.486 e. The molecule has 0 radical (unpaired) electrons. The number of hydrogen-bond donors (Lipinski definition) is 1. The van der Waals surface area contributed by atoms with Crippen LogP contribution in [0.25, 0.3) is 0 Å². The number of anilines is 1. The van der Waals surface area contributed by atoms with Gasteiger partial charge in [0.25, 0.3) is 5.91 Å². The minimum atomic E-state index is -4.77. The number of benzene rings is 2. The van der Waals surface area contributed by atoms with Crippen molar-refractivity contribution in [2.24, 2.45) is 0 Å². The molecule has 3 rings (SSSR count). The number of carbonyl (C=O) groups excluding carboxylic acids is 1. The zero-order chi connectivity index (χ0) is 20.1. The standard InChI is InChI=1S/C19H13F3INO4/c20-19(21,22)28-15-7-3-13(4-8-15)24-18(25)17-10-9-16(27-17)11-26-14-5-1-12(23)2-6-14/h1-10H,11H2,(H,24,25). The zero-order valence-electron chi connectivity index (χ0n) is 14.1. The Morgan fingerprint density at radius 3 is 2.25 bits per heavy atom. The SMILES string of the molecule is O=C(Nc1ccc(OC(F)(F)F)cc1)c1ccc(COc2ccc(I)cc2)o1. The van der Waals surface area contributed by atoms with Gasteiger partial charge in [0, 0.05) is 9.26 Å². The van der Waals surface area contributed by atoms with E-state index in [2.05, 4.69) is 32.6 Å². The van der Waals surface area contributed by atoms with Gasteiger partial charge in [-0.15, -0.1) is 13.2 Å². The van der Waals surface area contributed by atoms with Crippen molar-refractivity contribution >= 4 is 34.2 Å². The van der Waals surface area contributed by atoms with Crippen molar-refractivity contribution in [3.8, 4) is 11.5 Å². The van der Waals surface area contributed by atoms with E-state index in [1.165, 1.54) is 18.2 Å². The fourth-order valence-electron chi connectivity index (χ4n) is 2.20. The number of hydrogen-bond acceptors (Lipinski definition) is 4. The average Bonchev–Trinajstić information content (AvgIpc) is 3.11. The predicted molar refractivity (Wildman–Crippen MR) is 103 cm³/mol. The van der Waals surface area contributed by atoms with Gasteiger partial charge in [-0.1, -0.05) is 0 Å². The zero-order valence-corrected chi connectivity index (χ0v) is 16.3. The van der Waals surface area contributed by atoms with E-state index in [4.69, 9.17) is 9.15 Å². The summed E-state index contributed by atoms with van der Waals surface area (Å²) in [7, 11) is 0. The van der Waals surface area contributed by atoms with E-state index in [0.717, 1.165) is 15.7 Å². The Kier molecular flexibility index (Phi) is 6.12. The summed E-state index contributed by atoms with van der Waals surface area (Å²) in [4.78, 5) is 12.2. The Balaban J connectivity index is 1.55. The molecule has 0 aliphatic heterocycles. The highest BCUT2D eigenvalue weighted by Gasteiger charge is 2.31. The number of nitrogens with one attached hydrogen (secondary N) is 1. The number of halogens is 4. The molecule has 0 aliphatic carbocycles. The van der Waals surface area contributed by atoms with E-state index in [1.54, 1.807) is 6.07 Å². The molecule has 1 N–H and O–H groups in total.